The van der Waals surface area contributed by atoms with Crippen LogP contribution < -0.4 is 38.5 Å². The molecule has 0 radical (unpaired) electrons. The molecule has 0 aliphatic heterocycles. The van der Waals surface area contributed by atoms with Crippen LogP contribution in [0.1, 0.15) is 52.4 Å². The smallest absolute Gasteiger partial charge is 0.326 e. The summed E-state index contributed by atoms with van der Waals surface area (Å²) in [5.41, 5.74) is 16.0. The predicted molar refractivity (Wildman–Crippen MR) is 138 cm³/mol. The fourth-order valence-electron chi connectivity index (χ4n) is 3.07. The normalized spacial score (nSPS) is 14.3. The fourth-order valence-corrected chi connectivity index (χ4v) is 3.07. The van der Waals surface area contributed by atoms with E-state index in [4.69, 9.17) is 27.4 Å². The van der Waals surface area contributed by atoms with E-state index in [1.54, 1.807) is 0 Å². The van der Waals surface area contributed by atoms with Gasteiger partial charge in [0.25, 0.3) is 0 Å². The highest BCUT2D eigenvalue weighted by Gasteiger charge is 2.29. The molecule has 0 aromatic carbocycles. The van der Waals surface area contributed by atoms with E-state index in [2.05, 4.69) is 26.3 Å². The molecule has 0 aliphatic rings. The summed E-state index contributed by atoms with van der Waals surface area (Å²) in [6, 6.07) is -6.47. The van der Waals surface area contributed by atoms with Crippen molar-refractivity contribution in [3.8, 4) is 0 Å². The van der Waals surface area contributed by atoms with Crippen molar-refractivity contribution in [2.45, 2.75) is 82.6 Å². The Kier molecular flexibility index (Phi) is 15.9. The quantitative estimate of drug-likeness (QED) is 0.0402. The Bertz CT molecular complexity index is 969. The first kappa shape index (κ1) is 35.5. The largest absolute Gasteiger partial charge is 0.481 e. The van der Waals surface area contributed by atoms with E-state index in [1.807, 2.05) is 0 Å². The van der Waals surface area contributed by atoms with Crippen LogP contribution in [-0.4, -0.2) is 99.6 Å². The number of nitrogens with two attached hydrogens (primary N) is 3. The van der Waals surface area contributed by atoms with Crippen LogP contribution in [-0.2, 0) is 33.6 Å². The molecular formula is C22H38N8O10. The van der Waals surface area contributed by atoms with Gasteiger partial charge in [0, 0.05) is 19.4 Å². The van der Waals surface area contributed by atoms with Gasteiger partial charge in [-0.3, -0.25) is 33.8 Å². The molecule has 18 nitrogen and oxygen atoms in total. The number of nitrogens with zero attached hydrogens (tertiary/aromatic N) is 1. The number of hydrogen-bond acceptors (Lipinski definition) is 9. The second-order valence-corrected chi connectivity index (χ2v) is 8.84. The number of carboxylic acids is 3. The lowest BCUT2D eigenvalue weighted by Crippen LogP contribution is -2.57. The van der Waals surface area contributed by atoms with Gasteiger partial charge in [-0.25, -0.2) is 4.79 Å². The molecule has 13 N–H and O–H groups in total. The lowest BCUT2D eigenvalue weighted by atomic mass is 10.1. The van der Waals surface area contributed by atoms with Crippen molar-refractivity contribution in [1.82, 2.24) is 21.3 Å². The van der Waals surface area contributed by atoms with Gasteiger partial charge in [-0.05, 0) is 39.5 Å². The summed E-state index contributed by atoms with van der Waals surface area (Å²) >= 11 is 0. The number of rotatable bonds is 19. The van der Waals surface area contributed by atoms with Gasteiger partial charge in [0.05, 0.1) is 6.04 Å². The van der Waals surface area contributed by atoms with Crippen molar-refractivity contribution in [3.63, 3.8) is 0 Å². The summed E-state index contributed by atoms with van der Waals surface area (Å²) in [4.78, 5) is 86.8. The number of guanidine groups is 1. The summed E-state index contributed by atoms with van der Waals surface area (Å²) in [5.74, 6) is -7.43. The zero-order chi connectivity index (χ0) is 31.0. The molecule has 0 saturated heterocycles. The molecule has 4 amide bonds. The lowest BCUT2D eigenvalue weighted by molar-refractivity contribution is -0.142. The average Bonchev–Trinajstić information content (AvgIpc) is 2.85. The number of hydrogen-bond donors (Lipinski definition) is 10. The maximum absolute atomic E-state index is 12.8. The standard InChI is InChI=1S/C22H38N8O10/c1-10(27-19(37)12(23)5-7-15(31)32)17(35)29-13(6-8-16(33)34)20(38)28-11(2)18(36)30-14(21(39)40)4-3-9-26-22(24)25/h10-14H,3-9,23H2,1-2H3,(H,27,37)(H,28,38)(H,29,35)(H,30,36)(H,31,32)(H,33,34)(H,39,40)(H4,24,25,26)/t10-,11-,12-,13-,14-/m0/s1. The van der Waals surface area contributed by atoms with Crippen molar-refractivity contribution < 1.29 is 48.9 Å². The Morgan fingerprint density at radius 3 is 1.62 bits per heavy atom. The maximum Gasteiger partial charge on any atom is 0.326 e. The lowest BCUT2D eigenvalue weighted by Gasteiger charge is -2.24. The second-order valence-electron chi connectivity index (χ2n) is 8.84. The van der Waals surface area contributed by atoms with Gasteiger partial charge in [-0.2, -0.15) is 0 Å². The first-order chi connectivity index (χ1) is 18.5. The topological polar surface area (TPSA) is 319 Å². The predicted octanol–water partition coefficient (Wildman–Crippen LogP) is -3.84. The molecule has 0 aliphatic carbocycles. The molecule has 0 aromatic heterocycles. The molecule has 0 unspecified atom stereocenters. The van der Waals surface area contributed by atoms with Gasteiger partial charge < -0.3 is 53.8 Å². The van der Waals surface area contributed by atoms with E-state index in [0.717, 1.165) is 0 Å². The molecule has 40 heavy (non-hydrogen) atoms. The summed E-state index contributed by atoms with van der Waals surface area (Å²) < 4.78 is 0. The van der Waals surface area contributed by atoms with Gasteiger partial charge >= 0.3 is 17.9 Å². The molecule has 5 atom stereocenters. The van der Waals surface area contributed by atoms with Crippen LogP contribution in [0.3, 0.4) is 0 Å². The van der Waals surface area contributed by atoms with Crippen molar-refractivity contribution in [2.75, 3.05) is 6.54 Å². The van der Waals surface area contributed by atoms with Crippen LogP contribution in [0, 0.1) is 0 Å². The Labute approximate surface area is 229 Å². The monoisotopic (exact) mass is 574 g/mol. The molecular weight excluding hydrogens is 536 g/mol. The van der Waals surface area contributed by atoms with Crippen LogP contribution in [0.2, 0.25) is 0 Å². The number of aliphatic imine (C=N–C) groups is 1. The Morgan fingerprint density at radius 2 is 1.15 bits per heavy atom. The second kappa shape index (κ2) is 17.9. The van der Waals surface area contributed by atoms with Gasteiger partial charge in [0.15, 0.2) is 5.96 Å². The third-order valence-electron chi connectivity index (χ3n) is 5.35. The third-order valence-corrected chi connectivity index (χ3v) is 5.35. The van der Waals surface area contributed by atoms with Crippen LogP contribution >= 0.6 is 0 Å². The van der Waals surface area contributed by atoms with Gasteiger partial charge in [-0.15, -0.1) is 0 Å². The van der Waals surface area contributed by atoms with Gasteiger partial charge in [-0.1, -0.05) is 0 Å². The molecule has 18 heteroatoms. The van der Waals surface area contributed by atoms with Gasteiger partial charge in [0.1, 0.15) is 24.2 Å². The number of carboxylic acid groups (broad SMARTS) is 3. The molecule has 0 saturated carbocycles. The van der Waals surface area contributed by atoms with Crippen LogP contribution in [0.4, 0.5) is 0 Å². The number of amides is 4. The third kappa shape index (κ3) is 15.1. The minimum Gasteiger partial charge on any atom is -0.481 e. The fraction of sp³-hybridized carbons (Fsp3) is 0.636. The zero-order valence-corrected chi connectivity index (χ0v) is 22.2. The first-order valence-electron chi connectivity index (χ1n) is 12.2. The molecule has 0 aromatic rings. The van der Waals surface area contributed by atoms with E-state index < -0.39 is 78.2 Å². The summed E-state index contributed by atoms with van der Waals surface area (Å²) in [6.07, 6.45) is -1.24. The van der Waals surface area contributed by atoms with Crippen molar-refractivity contribution in [3.05, 3.63) is 0 Å². The average molecular weight is 575 g/mol. The highest BCUT2D eigenvalue weighted by Crippen LogP contribution is 2.03. The Balaban J connectivity index is 5.21. The summed E-state index contributed by atoms with van der Waals surface area (Å²) in [7, 11) is 0. The maximum atomic E-state index is 12.8. The molecule has 0 spiro atoms. The number of aliphatic carboxylic acids is 3. The first-order valence-corrected chi connectivity index (χ1v) is 12.2. The van der Waals surface area contributed by atoms with E-state index in [0.29, 0.717) is 0 Å². The van der Waals surface area contributed by atoms with E-state index in [-0.39, 0.29) is 44.6 Å². The SMILES string of the molecule is C[C@H](NC(=O)[C@H](CCC(=O)O)NC(=O)[C@H](C)NC(=O)[C@@H](N)CCC(=O)O)C(=O)N[C@@H](CCCN=C(N)N)C(=O)O. The Hall–Kier alpha value is -4.48. The summed E-state index contributed by atoms with van der Waals surface area (Å²) in [5, 5.41) is 36.2. The van der Waals surface area contributed by atoms with Crippen LogP contribution in [0.5, 0.6) is 0 Å². The minimum atomic E-state index is -1.44. The minimum absolute atomic E-state index is 0.0145. The van der Waals surface area contributed by atoms with Gasteiger partial charge in [0.2, 0.25) is 23.6 Å². The molecule has 0 fully saturated rings. The number of carbonyl (C=O) groups is 7. The van der Waals surface area contributed by atoms with E-state index in [9.17, 15) is 38.7 Å². The number of nitrogens with one attached hydrogen (secondary N) is 4. The van der Waals surface area contributed by atoms with Crippen molar-refractivity contribution in [1.29, 1.82) is 0 Å². The summed E-state index contributed by atoms with van der Waals surface area (Å²) in [6.45, 7) is 2.65. The zero-order valence-electron chi connectivity index (χ0n) is 22.2. The van der Waals surface area contributed by atoms with Crippen LogP contribution in [0.15, 0.2) is 4.99 Å². The molecule has 226 valence electrons. The van der Waals surface area contributed by atoms with Crippen molar-refractivity contribution >= 4 is 47.5 Å². The number of carbonyl (C=O) groups excluding carboxylic acids is 4. The Morgan fingerprint density at radius 1 is 0.675 bits per heavy atom. The molecule has 0 rings (SSSR count). The van der Waals surface area contributed by atoms with Crippen molar-refractivity contribution in [2.24, 2.45) is 22.2 Å². The van der Waals surface area contributed by atoms with E-state index >= 15 is 0 Å². The van der Waals surface area contributed by atoms with E-state index in [1.165, 1.54) is 13.8 Å². The highest BCUT2D eigenvalue weighted by molar-refractivity contribution is 5.95. The molecule has 0 heterocycles. The van der Waals surface area contributed by atoms with Crippen LogP contribution in [0.25, 0.3) is 0 Å². The molecule has 0 bridgehead atoms. The highest BCUT2D eigenvalue weighted by atomic mass is 16.4.